The minimum atomic E-state index is 0.724. The molecule has 0 atom stereocenters. The highest BCUT2D eigenvalue weighted by molar-refractivity contribution is 5.82. The molecule has 0 saturated heterocycles. The quantitative estimate of drug-likeness (QED) is 0.805. The first-order valence-corrected chi connectivity index (χ1v) is 8.22. The number of hydrogen-bond acceptors (Lipinski definition) is 4. The molecule has 0 radical (unpaired) electrons. The van der Waals surface area contributed by atoms with E-state index < -0.39 is 0 Å². The number of pyridine rings is 1. The zero-order chi connectivity index (χ0) is 16.1. The van der Waals surface area contributed by atoms with Crippen molar-refractivity contribution >= 4 is 5.71 Å². The molecule has 4 heteroatoms. The average molecular weight is 309 g/mol. The van der Waals surface area contributed by atoms with E-state index in [0.29, 0.717) is 0 Å². The highest BCUT2D eigenvalue weighted by Gasteiger charge is 2.12. The van der Waals surface area contributed by atoms with E-state index in [2.05, 4.69) is 47.1 Å². The first kappa shape index (κ1) is 15.5. The van der Waals surface area contributed by atoms with Crippen molar-refractivity contribution in [3.63, 3.8) is 0 Å². The summed E-state index contributed by atoms with van der Waals surface area (Å²) >= 11 is 0. The molecule has 0 amide bonds. The van der Waals surface area contributed by atoms with E-state index in [1.54, 1.807) is 0 Å². The van der Waals surface area contributed by atoms with Gasteiger partial charge >= 0.3 is 0 Å². The van der Waals surface area contributed by atoms with E-state index in [0.717, 1.165) is 49.5 Å². The van der Waals surface area contributed by atoms with Crippen LogP contribution < -0.4 is 4.74 Å². The monoisotopic (exact) mass is 309 g/mol. The van der Waals surface area contributed by atoms with Crippen molar-refractivity contribution in [3.05, 3.63) is 48.2 Å². The van der Waals surface area contributed by atoms with E-state index in [9.17, 15) is 0 Å². The third kappa shape index (κ3) is 3.89. The minimum absolute atomic E-state index is 0.724. The summed E-state index contributed by atoms with van der Waals surface area (Å²) in [5.41, 5.74) is 4.37. The van der Waals surface area contributed by atoms with Crippen LogP contribution in [0.2, 0.25) is 0 Å². The maximum absolute atomic E-state index is 5.82. The number of aromatic nitrogens is 1. The van der Waals surface area contributed by atoms with Gasteiger partial charge in [-0.15, -0.1) is 0 Å². The summed E-state index contributed by atoms with van der Waals surface area (Å²) in [7, 11) is 0. The smallest absolute Gasteiger partial charge is 0.128 e. The van der Waals surface area contributed by atoms with Crippen LogP contribution in [-0.4, -0.2) is 28.9 Å². The average Bonchev–Trinajstić information content (AvgIpc) is 2.99. The fourth-order valence-electron chi connectivity index (χ4n) is 2.65. The van der Waals surface area contributed by atoms with Crippen LogP contribution in [0.1, 0.15) is 32.3 Å². The highest BCUT2D eigenvalue weighted by atomic mass is 16.5. The van der Waals surface area contributed by atoms with Gasteiger partial charge in [0.1, 0.15) is 5.75 Å². The van der Waals surface area contributed by atoms with Gasteiger partial charge in [-0.25, -0.2) is 0 Å². The lowest BCUT2D eigenvalue weighted by Gasteiger charge is -2.14. The summed E-state index contributed by atoms with van der Waals surface area (Å²) in [5.74, 6) is 0.898. The molecule has 3 rings (SSSR count). The zero-order valence-corrected chi connectivity index (χ0v) is 13.8. The maximum atomic E-state index is 5.82. The number of para-hydroxylation sites is 1. The molecule has 0 saturated carbocycles. The van der Waals surface area contributed by atoms with Crippen LogP contribution in [0.5, 0.6) is 5.75 Å². The molecule has 23 heavy (non-hydrogen) atoms. The van der Waals surface area contributed by atoms with Crippen LogP contribution in [0.3, 0.4) is 0 Å². The fraction of sp³-hybridized carbons (Fsp3) is 0.368. The van der Waals surface area contributed by atoms with E-state index >= 15 is 0 Å². The van der Waals surface area contributed by atoms with Crippen LogP contribution in [0.4, 0.5) is 0 Å². The zero-order valence-electron chi connectivity index (χ0n) is 13.8. The van der Waals surface area contributed by atoms with Crippen molar-refractivity contribution in [2.75, 3.05) is 13.2 Å². The summed E-state index contributed by atoms with van der Waals surface area (Å²) < 4.78 is 5.82. The standard InChI is InChI=1S/C19H23N3O/c1-3-12-23-19-7-5-4-6-17(19)18-9-8-16(13-20-18)14-22-11-10-15(2)21-22/h4-9,13H,3,10-12,14H2,1-2H3. The Labute approximate surface area is 137 Å². The molecule has 1 aliphatic heterocycles. The molecular formula is C19H23N3O. The van der Waals surface area contributed by atoms with E-state index in [1.165, 1.54) is 11.3 Å². The Kier molecular flexibility index (Phi) is 4.91. The maximum Gasteiger partial charge on any atom is 0.128 e. The second kappa shape index (κ2) is 7.27. The largest absolute Gasteiger partial charge is 0.493 e. The molecule has 0 fully saturated rings. The predicted octanol–water partition coefficient (Wildman–Crippen LogP) is 4.12. The molecule has 1 aromatic heterocycles. The SMILES string of the molecule is CCCOc1ccccc1-c1ccc(CN2CCC(C)=N2)cn1. The van der Waals surface area contributed by atoms with E-state index in [1.807, 2.05) is 24.4 Å². The molecule has 1 aliphatic rings. The first-order chi connectivity index (χ1) is 11.3. The van der Waals surface area contributed by atoms with Crippen molar-refractivity contribution in [1.82, 2.24) is 9.99 Å². The highest BCUT2D eigenvalue weighted by Crippen LogP contribution is 2.28. The number of hydrogen-bond donors (Lipinski definition) is 0. The Morgan fingerprint density at radius 1 is 1.17 bits per heavy atom. The summed E-state index contributed by atoms with van der Waals surface area (Å²) in [4.78, 5) is 4.62. The second-order valence-corrected chi connectivity index (χ2v) is 5.87. The molecule has 0 spiro atoms. The summed E-state index contributed by atoms with van der Waals surface area (Å²) in [6.07, 6.45) is 4.00. The Morgan fingerprint density at radius 3 is 2.74 bits per heavy atom. The second-order valence-electron chi connectivity index (χ2n) is 5.87. The van der Waals surface area contributed by atoms with Gasteiger partial charge < -0.3 is 4.74 Å². The number of hydrazone groups is 1. The van der Waals surface area contributed by atoms with Gasteiger partial charge in [0.25, 0.3) is 0 Å². The fourth-order valence-corrected chi connectivity index (χ4v) is 2.65. The van der Waals surface area contributed by atoms with Crippen molar-refractivity contribution in [3.8, 4) is 17.0 Å². The number of rotatable bonds is 6. The molecule has 0 bridgehead atoms. The van der Waals surface area contributed by atoms with Crippen LogP contribution in [0.15, 0.2) is 47.7 Å². The molecule has 0 aliphatic carbocycles. The van der Waals surface area contributed by atoms with Crippen molar-refractivity contribution in [1.29, 1.82) is 0 Å². The van der Waals surface area contributed by atoms with Gasteiger partial charge in [0.05, 0.1) is 18.8 Å². The van der Waals surface area contributed by atoms with Gasteiger partial charge in [-0.1, -0.05) is 25.1 Å². The molecular weight excluding hydrogens is 286 g/mol. The third-order valence-electron chi connectivity index (χ3n) is 3.86. The number of benzene rings is 1. The van der Waals surface area contributed by atoms with Gasteiger partial charge in [-0.05, 0) is 37.1 Å². The van der Waals surface area contributed by atoms with Gasteiger partial charge in [0.15, 0.2) is 0 Å². The number of ether oxygens (including phenoxy) is 1. The third-order valence-corrected chi connectivity index (χ3v) is 3.86. The molecule has 0 N–H and O–H groups in total. The molecule has 4 nitrogen and oxygen atoms in total. The van der Waals surface area contributed by atoms with Crippen LogP contribution >= 0.6 is 0 Å². The molecule has 2 heterocycles. The van der Waals surface area contributed by atoms with Gasteiger partial charge in [-0.3, -0.25) is 9.99 Å². The van der Waals surface area contributed by atoms with Crippen LogP contribution in [-0.2, 0) is 6.54 Å². The van der Waals surface area contributed by atoms with Gasteiger partial charge in [0.2, 0.25) is 0 Å². The summed E-state index contributed by atoms with van der Waals surface area (Å²) in [6, 6.07) is 12.3. The Hall–Kier alpha value is -2.36. The van der Waals surface area contributed by atoms with E-state index in [4.69, 9.17) is 4.74 Å². The predicted molar refractivity (Wildman–Crippen MR) is 93.6 cm³/mol. The molecule has 1 aromatic carbocycles. The summed E-state index contributed by atoms with van der Waals surface area (Å²) in [5, 5.41) is 6.62. The lowest BCUT2D eigenvalue weighted by atomic mass is 10.1. The Morgan fingerprint density at radius 2 is 2.04 bits per heavy atom. The molecule has 120 valence electrons. The Balaban J connectivity index is 1.74. The lowest BCUT2D eigenvalue weighted by Crippen LogP contribution is -2.13. The summed E-state index contributed by atoms with van der Waals surface area (Å²) in [6.45, 7) is 6.73. The molecule has 0 unspecified atom stereocenters. The van der Waals surface area contributed by atoms with Crippen LogP contribution in [0, 0.1) is 0 Å². The van der Waals surface area contributed by atoms with Gasteiger partial charge in [-0.2, -0.15) is 5.10 Å². The normalized spacial score (nSPS) is 14.0. The van der Waals surface area contributed by atoms with Crippen molar-refractivity contribution in [2.24, 2.45) is 5.10 Å². The van der Waals surface area contributed by atoms with Crippen molar-refractivity contribution < 1.29 is 4.74 Å². The first-order valence-electron chi connectivity index (χ1n) is 8.22. The topological polar surface area (TPSA) is 37.7 Å². The van der Waals surface area contributed by atoms with Crippen LogP contribution in [0.25, 0.3) is 11.3 Å². The molecule has 2 aromatic rings. The van der Waals surface area contributed by atoms with Gasteiger partial charge in [0, 0.05) is 30.4 Å². The number of nitrogens with zero attached hydrogens (tertiary/aromatic N) is 3. The Bertz CT molecular complexity index is 679. The van der Waals surface area contributed by atoms with Crippen molar-refractivity contribution in [2.45, 2.75) is 33.2 Å². The minimum Gasteiger partial charge on any atom is -0.493 e. The lowest BCUT2D eigenvalue weighted by molar-refractivity contribution is 0.309. The van der Waals surface area contributed by atoms with E-state index in [-0.39, 0.29) is 0 Å².